The van der Waals surface area contributed by atoms with Gasteiger partial charge in [-0.25, -0.2) is 15.0 Å². The first kappa shape index (κ1) is 28.2. The van der Waals surface area contributed by atoms with Crippen LogP contribution in [0.4, 0.5) is 0 Å². The van der Waals surface area contributed by atoms with E-state index in [2.05, 4.69) is 103 Å². The van der Waals surface area contributed by atoms with Crippen molar-refractivity contribution in [2.24, 2.45) is 0 Å². The Morgan fingerprint density at radius 3 is 1.70 bits per heavy atom. The molecule has 50 heavy (non-hydrogen) atoms. The lowest BCUT2D eigenvalue weighted by Gasteiger charge is -2.11. The summed E-state index contributed by atoms with van der Waals surface area (Å²) in [5.41, 5.74) is 10.4. The van der Waals surface area contributed by atoms with E-state index in [1.165, 1.54) is 0 Å². The minimum absolute atomic E-state index is 0.582. The van der Waals surface area contributed by atoms with Crippen molar-refractivity contribution < 1.29 is 8.83 Å². The van der Waals surface area contributed by atoms with Crippen LogP contribution in [0.25, 0.3) is 100 Å². The number of fused-ring (bicyclic) bond motifs is 6. The van der Waals surface area contributed by atoms with E-state index in [1.54, 1.807) is 0 Å². The quantitative estimate of drug-likeness (QED) is 0.187. The van der Waals surface area contributed by atoms with Crippen LogP contribution in [0.3, 0.4) is 0 Å². The summed E-state index contributed by atoms with van der Waals surface area (Å²) in [6.45, 7) is 0. The molecule has 0 unspecified atom stereocenters. The molecule has 0 amide bonds. The molecule has 0 atom stereocenters. The smallest absolute Gasteiger partial charge is 0.164 e. The zero-order chi connectivity index (χ0) is 33.0. The van der Waals surface area contributed by atoms with Gasteiger partial charge in [-0.1, -0.05) is 140 Å². The number of rotatable bonds is 5. The van der Waals surface area contributed by atoms with Crippen molar-refractivity contribution in [3.63, 3.8) is 0 Å². The molecule has 10 rings (SSSR count). The number of hydrogen-bond donors (Lipinski definition) is 0. The molecule has 0 radical (unpaired) electrons. The number of aromatic nitrogens is 3. The minimum Gasteiger partial charge on any atom is -0.456 e. The maximum atomic E-state index is 6.40. The number of nitrogens with zero attached hydrogens (tertiary/aromatic N) is 3. The second-order valence-corrected chi connectivity index (χ2v) is 12.4. The van der Waals surface area contributed by atoms with Crippen LogP contribution in [-0.2, 0) is 0 Å². The third-order valence-electron chi connectivity index (χ3n) is 9.37. The van der Waals surface area contributed by atoms with Crippen LogP contribution >= 0.6 is 0 Å². The summed E-state index contributed by atoms with van der Waals surface area (Å²) < 4.78 is 12.6. The molecule has 5 heteroatoms. The second-order valence-electron chi connectivity index (χ2n) is 12.4. The Morgan fingerprint density at radius 1 is 0.320 bits per heavy atom. The van der Waals surface area contributed by atoms with Crippen LogP contribution in [0, 0.1) is 0 Å². The zero-order valence-electron chi connectivity index (χ0n) is 26.7. The van der Waals surface area contributed by atoms with Gasteiger partial charge in [0, 0.05) is 43.8 Å². The molecule has 0 saturated carbocycles. The molecule has 3 aromatic heterocycles. The first-order chi connectivity index (χ1) is 24.8. The van der Waals surface area contributed by atoms with E-state index in [-0.39, 0.29) is 0 Å². The van der Waals surface area contributed by atoms with Crippen molar-refractivity contribution >= 4 is 43.9 Å². The lowest BCUT2D eigenvalue weighted by Crippen LogP contribution is -2.00. The molecule has 0 spiro atoms. The molecule has 0 bridgehead atoms. The van der Waals surface area contributed by atoms with Gasteiger partial charge < -0.3 is 8.83 Å². The van der Waals surface area contributed by atoms with Crippen molar-refractivity contribution in [3.05, 3.63) is 164 Å². The third-order valence-corrected chi connectivity index (χ3v) is 9.37. The summed E-state index contributed by atoms with van der Waals surface area (Å²) in [4.78, 5) is 15.3. The van der Waals surface area contributed by atoms with Gasteiger partial charge >= 0.3 is 0 Å². The standard InChI is InChI=1S/C45H27N3O2/c1-2-11-28(12-3-1)29-23-25-30(26-24-29)43-46-44(48-45(47-43)37-19-10-22-40-41(37)36-16-5-7-21-39(36)49-40)32-14-8-13-31(27-32)33-17-9-18-35-34-15-4-6-20-38(34)50-42(33)35/h1-27H. The Morgan fingerprint density at radius 2 is 0.860 bits per heavy atom. The predicted octanol–water partition coefficient (Wildman–Crippen LogP) is 12.0. The van der Waals surface area contributed by atoms with Crippen molar-refractivity contribution in [1.29, 1.82) is 0 Å². The monoisotopic (exact) mass is 641 g/mol. The van der Waals surface area contributed by atoms with Crippen LogP contribution in [0.1, 0.15) is 0 Å². The van der Waals surface area contributed by atoms with Gasteiger partial charge in [0.1, 0.15) is 22.3 Å². The first-order valence-corrected chi connectivity index (χ1v) is 16.6. The summed E-state index contributed by atoms with van der Waals surface area (Å²) in [6.07, 6.45) is 0. The van der Waals surface area contributed by atoms with Gasteiger partial charge in [0.25, 0.3) is 0 Å². The fraction of sp³-hybridized carbons (Fsp3) is 0. The third kappa shape index (κ3) is 4.67. The second kappa shape index (κ2) is 11.4. The number of furan rings is 2. The van der Waals surface area contributed by atoms with Gasteiger partial charge in [-0.15, -0.1) is 0 Å². The summed E-state index contributed by atoms with van der Waals surface area (Å²) >= 11 is 0. The van der Waals surface area contributed by atoms with Gasteiger partial charge in [-0.2, -0.15) is 0 Å². The number of hydrogen-bond acceptors (Lipinski definition) is 5. The molecule has 7 aromatic carbocycles. The maximum absolute atomic E-state index is 6.40. The van der Waals surface area contributed by atoms with Gasteiger partial charge in [0.2, 0.25) is 0 Å². The van der Waals surface area contributed by atoms with E-state index in [0.29, 0.717) is 17.5 Å². The summed E-state index contributed by atoms with van der Waals surface area (Å²) in [5, 5.41) is 4.20. The fourth-order valence-corrected chi connectivity index (χ4v) is 6.96. The van der Waals surface area contributed by atoms with Crippen LogP contribution in [-0.4, -0.2) is 15.0 Å². The summed E-state index contributed by atoms with van der Waals surface area (Å²) in [6, 6.07) is 55.7. The van der Waals surface area contributed by atoms with E-state index in [9.17, 15) is 0 Å². The van der Waals surface area contributed by atoms with Crippen LogP contribution in [0.15, 0.2) is 173 Å². The highest BCUT2D eigenvalue weighted by molar-refractivity contribution is 6.12. The SMILES string of the molecule is c1ccc(-c2ccc(-c3nc(-c4cccc(-c5cccc6c5oc5ccccc56)c4)nc(-c4cccc5oc6ccccc6c45)n3)cc2)cc1. The summed E-state index contributed by atoms with van der Waals surface area (Å²) in [7, 11) is 0. The van der Waals surface area contributed by atoms with Gasteiger partial charge in [-0.05, 0) is 41.0 Å². The Balaban J connectivity index is 1.16. The van der Waals surface area contributed by atoms with Crippen molar-refractivity contribution in [2.75, 3.05) is 0 Å². The maximum Gasteiger partial charge on any atom is 0.164 e. The highest BCUT2D eigenvalue weighted by Crippen LogP contribution is 2.39. The molecule has 5 nitrogen and oxygen atoms in total. The Hall–Kier alpha value is -6.85. The highest BCUT2D eigenvalue weighted by Gasteiger charge is 2.19. The molecule has 0 aliphatic heterocycles. The molecule has 234 valence electrons. The Labute approximate surface area is 287 Å². The molecule has 10 aromatic rings. The normalized spacial score (nSPS) is 11.6. The molecule has 3 heterocycles. The Bertz CT molecular complexity index is 2870. The topological polar surface area (TPSA) is 65.0 Å². The molecule has 0 N–H and O–H groups in total. The first-order valence-electron chi connectivity index (χ1n) is 16.6. The van der Waals surface area contributed by atoms with E-state index < -0.39 is 0 Å². The minimum atomic E-state index is 0.582. The largest absolute Gasteiger partial charge is 0.456 e. The predicted molar refractivity (Wildman–Crippen MR) is 202 cm³/mol. The highest BCUT2D eigenvalue weighted by atomic mass is 16.3. The lowest BCUT2D eigenvalue weighted by atomic mass is 10.00. The van der Waals surface area contributed by atoms with E-state index in [0.717, 1.165) is 82.8 Å². The number of benzene rings is 7. The van der Waals surface area contributed by atoms with Crippen molar-refractivity contribution in [2.45, 2.75) is 0 Å². The van der Waals surface area contributed by atoms with E-state index in [4.69, 9.17) is 23.8 Å². The molecule has 0 saturated heterocycles. The average Bonchev–Trinajstić information content (AvgIpc) is 3.77. The molecule has 0 aliphatic carbocycles. The summed E-state index contributed by atoms with van der Waals surface area (Å²) in [5.74, 6) is 1.76. The van der Waals surface area contributed by atoms with E-state index in [1.807, 2.05) is 60.7 Å². The average molecular weight is 642 g/mol. The van der Waals surface area contributed by atoms with Crippen molar-refractivity contribution in [3.8, 4) is 56.4 Å². The van der Waals surface area contributed by atoms with Gasteiger partial charge in [0.15, 0.2) is 17.5 Å². The fourth-order valence-electron chi connectivity index (χ4n) is 6.96. The van der Waals surface area contributed by atoms with Crippen LogP contribution < -0.4 is 0 Å². The van der Waals surface area contributed by atoms with Gasteiger partial charge in [-0.3, -0.25) is 0 Å². The van der Waals surface area contributed by atoms with Crippen molar-refractivity contribution in [1.82, 2.24) is 15.0 Å². The zero-order valence-corrected chi connectivity index (χ0v) is 26.7. The lowest BCUT2D eigenvalue weighted by molar-refractivity contribution is 0.669. The van der Waals surface area contributed by atoms with Crippen LogP contribution in [0.5, 0.6) is 0 Å². The molecule has 0 fully saturated rings. The van der Waals surface area contributed by atoms with Crippen LogP contribution in [0.2, 0.25) is 0 Å². The molecule has 0 aliphatic rings. The molecular weight excluding hydrogens is 615 g/mol. The molecular formula is C45H27N3O2. The Kier molecular flexibility index (Phi) is 6.42. The van der Waals surface area contributed by atoms with E-state index >= 15 is 0 Å². The van der Waals surface area contributed by atoms with Gasteiger partial charge in [0.05, 0.1) is 0 Å². The number of para-hydroxylation sites is 3.